The molecular weight excluding hydrogens is 386 g/mol. The van der Waals surface area contributed by atoms with E-state index in [1.165, 1.54) is 19.1 Å². The summed E-state index contributed by atoms with van der Waals surface area (Å²) in [5, 5.41) is 11.0. The molecule has 0 spiro atoms. The van der Waals surface area contributed by atoms with E-state index >= 15 is 0 Å². The van der Waals surface area contributed by atoms with Crippen molar-refractivity contribution in [3.63, 3.8) is 0 Å². The van der Waals surface area contributed by atoms with Crippen LogP contribution in [0.3, 0.4) is 0 Å². The minimum Gasteiger partial charge on any atom is -0.507 e. The van der Waals surface area contributed by atoms with Gasteiger partial charge in [0.25, 0.3) is 11.7 Å². The Bertz CT molecular complexity index is 953. The van der Waals surface area contributed by atoms with Gasteiger partial charge in [-0.1, -0.05) is 30.3 Å². The molecule has 1 saturated heterocycles. The number of rotatable bonds is 8. The van der Waals surface area contributed by atoms with Gasteiger partial charge in [0.2, 0.25) is 0 Å². The maximum atomic E-state index is 13.0. The van der Waals surface area contributed by atoms with Crippen molar-refractivity contribution in [3.8, 4) is 11.5 Å². The fraction of sp³-hybridized carbons (Fsp3) is 0.304. The maximum absolute atomic E-state index is 13.0. The Balaban J connectivity index is 2.20. The summed E-state index contributed by atoms with van der Waals surface area (Å²) in [6.07, 6.45) is 0.539. The number of nitrogens with zero attached hydrogens (tertiary/aromatic N) is 1. The third-order valence-corrected chi connectivity index (χ3v) is 5.07. The number of Topliss-reactive ketones (excluding diaryl/α,β-unsaturated/α-hetero) is 1. The lowest BCUT2D eigenvalue weighted by molar-refractivity contribution is -0.140. The minimum atomic E-state index is -0.813. The van der Waals surface area contributed by atoms with Crippen LogP contribution in [0.4, 0.5) is 0 Å². The summed E-state index contributed by atoms with van der Waals surface area (Å²) in [7, 11) is 4.62. The minimum absolute atomic E-state index is 0.0233. The monoisotopic (exact) mass is 411 g/mol. The van der Waals surface area contributed by atoms with E-state index in [1.807, 2.05) is 6.07 Å². The van der Waals surface area contributed by atoms with Crippen molar-refractivity contribution >= 4 is 17.4 Å². The summed E-state index contributed by atoms with van der Waals surface area (Å²) >= 11 is 0. The number of hydrogen-bond donors (Lipinski definition) is 1. The van der Waals surface area contributed by atoms with E-state index in [2.05, 4.69) is 0 Å². The molecule has 158 valence electrons. The Kier molecular flexibility index (Phi) is 6.74. The first-order valence-electron chi connectivity index (χ1n) is 9.58. The SMILES string of the molecule is COCCCN1C(=O)C(=O)C(=C(O)c2ccccc2)C1c1cc(OC)ccc1OC. The van der Waals surface area contributed by atoms with Crippen LogP contribution < -0.4 is 9.47 Å². The highest BCUT2D eigenvalue weighted by atomic mass is 16.5. The number of likely N-dealkylation sites (tertiary alicyclic amines) is 1. The van der Waals surface area contributed by atoms with Crippen LogP contribution in [0.5, 0.6) is 11.5 Å². The van der Waals surface area contributed by atoms with Crippen LogP contribution in [-0.2, 0) is 14.3 Å². The van der Waals surface area contributed by atoms with Crippen molar-refractivity contribution in [1.82, 2.24) is 4.90 Å². The van der Waals surface area contributed by atoms with E-state index in [4.69, 9.17) is 14.2 Å². The largest absolute Gasteiger partial charge is 0.507 e. The lowest BCUT2D eigenvalue weighted by Crippen LogP contribution is -2.31. The molecule has 7 heteroatoms. The lowest BCUT2D eigenvalue weighted by Gasteiger charge is -2.27. The standard InChI is InChI=1S/C23H25NO6/c1-28-13-7-12-24-20(17-14-16(29-2)10-11-18(17)30-3)19(22(26)23(24)27)21(25)15-8-5-4-6-9-15/h4-6,8-11,14,20,25H,7,12-13H2,1-3H3. The zero-order valence-electron chi connectivity index (χ0n) is 17.3. The molecule has 1 unspecified atom stereocenters. The van der Waals surface area contributed by atoms with Crippen LogP contribution in [0.25, 0.3) is 5.76 Å². The van der Waals surface area contributed by atoms with Crippen LogP contribution >= 0.6 is 0 Å². The number of ketones is 1. The van der Waals surface area contributed by atoms with Gasteiger partial charge in [-0.25, -0.2) is 0 Å². The van der Waals surface area contributed by atoms with Crippen molar-refractivity contribution in [2.75, 3.05) is 34.5 Å². The lowest BCUT2D eigenvalue weighted by atomic mass is 9.94. The molecule has 3 rings (SSSR count). The van der Waals surface area contributed by atoms with Crippen LogP contribution in [0.15, 0.2) is 54.1 Å². The Morgan fingerprint density at radius 2 is 1.77 bits per heavy atom. The second-order valence-electron chi connectivity index (χ2n) is 6.81. The fourth-order valence-corrected chi connectivity index (χ4v) is 3.62. The number of carbonyl (C=O) groups is 2. The van der Waals surface area contributed by atoms with E-state index in [9.17, 15) is 14.7 Å². The first kappa shape index (κ1) is 21.4. The Morgan fingerprint density at radius 3 is 2.40 bits per heavy atom. The second-order valence-corrected chi connectivity index (χ2v) is 6.81. The third-order valence-electron chi connectivity index (χ3n) is 5.07. The molecule has 7 nitrogen and oxygen atoms in total. The van der Waals surface area contributed by atoms with E-state index in [0.717, 1.165) is 0 Å². The Morgan fingerprint density at radius 1 is 1.03 bits per heavy atom. The van der Waals surface area contributed by atoms with Gasteiger partial charge in [-0.15, -0.1) is 0 Å². The molecule has 1 amide bonds. The topological polar surface area (TPSA) is 85.3 Å². The molecule has 1 fully saturated rings. The number of aliphatic hydroxyl groups excluding tert-OH is 1. The molecule has 0 bridgehead atoms. The molecule has 2 aromatic carbocycles. The van der Waals surface area contributed by atoms with Gasteiger partial charge in [0.15, 0.2) is 0 Å². The molecule has 1 aliphatic rings. The Hall–Kier alpha value is -3.32. The van der Waals surface area contributed by atoms with Crippen molar-refractivity contribution in [2.45, 2.75) is 12.5 Å². The number of carbonyl (C=O) groups excluding carboxylic acids is 2. The zero-order chi connectivity index (χ0) is 21.7. The molecule has 0 saturated carbocycles. The summed E-state index contributed by atoms with van der Waals surface area (Å²) in [6.45, 7) is 0.721. The van der Waals surface area contributed by atoms with Gasteiger partial charge in [0.05, 0.1) is 25.8 Å². The smallest absolute Gasteiger partial charge is 0.295 e. The first-order valence-corrected chi connectivity index (χ1v) is 9.58. The van der Waals surface area contributed by atoms with Crippen molar-refractivity contribution in [2.24, 2.45) is 0 Å². The van der Waals surface area contributed by atoms with E-state index in [1.54, 1.807) is 49.6 Å². The maximum Gasteiger partial charge on any atom is 0.295 e. The molecule has 1 heterocycles. The van der Waals surface area contributed by atoms with E-state index < -0.39 is 17.7 Å². The highest BCUT2D eigenvalue weighted by Gasteiger charge is 2.46. The normalized spacial score (nSPS) is 18.0. The number of methoxy groups -OCH3 is 3. The molecule has 30 heavy (non-hydrogen) atoms. The van der Waals surface area contributed by atoms with Gasteiger partial charge in [-0.3, -0.25) is 9.59 Å². The number of aliphatic hydroxyl groups is 1. The molecular formula is C23H25NO6. The average molecular weight is 411 g/mol. The third kappa shape index (κ3) is 4.02. The number of benzene rings is 2. The second kappa shape index (κ2) is 9.45. The predicted octanol–water partition coefficient (Wildman–Crippen LogP) is 3.16. The van der Waals surface area contributed by atoms with Crippen LogP contribution in [0.2, 0.25) is 0 Å². The van der Waals surface area contributed by atoms with Gasteiger partial charge in [0, 0.05) is 31.4 Å². The van der Waals surface area contributed by atoms with Crippen LogP contribution in [0, 0.1) is 0 Å². The van der Waals surface area contributed by atoms with Crippen molar-refractivity contribution in [1.29, 1.82) is 0 Å². The molecule has 2 aromatic rings. The number of hydrogen-bond acceptors (Lipinski definition) is 6. The van der Waals surface area contributed by atoms with E-state index in [0.29, 0.717) is 35.7 Å². The first-order chi connectivity index (χ1) is 14.5. The highest BCUT2D eigenvalue weighted by Crippen LogP contribution is 2.43. The molecule has 0 aromatic heterocycles. The van der Waals surface area contributed by atoms with Crippen molar-refractivity contribution < 1.29 is 28.9 Å². The van der Waals surface area contributed by atoms with Crippen LogP contribution in [0.1, 0.15) is 23.6 Å². The number of ether oxygens (including phenoxy) is 3. The van der Waals surface area contributed by atoms with Gasteiger partial charge < -0.3 is 24.2 Å². The van der Waals surface area contributed by atoms with E-state index in [-0.39, 0.29) is 17.9 Å². The average Bonchev–Trinajstić information content (AvgIpc) is 3.03. The predicted molar refractivity (Wildman–Crippen MR) is 111 cm³/mol. The van der Waals surface area contributed by atoms with Gasteiger partial charge in [0.1, 0.15) is 17.3 Å². The summed E-state index contributed by atoms with van der Waals surface area (Å²) in [5.74, 6) is -0.591. The molecule has 1 N–H and O–H groups in total. The Labute approximate surface area is 175 Å². The summed E-state index contributed by atoms with van der Waals surface area (Å²) in [6, 6.07) is 13.0. The number of amides is 1. The molecule has 0 aliphatic carbocycles. The van der Waals surface area contributed by atoms with Crippen molar-refractivity contribution in [3.05, 3.63) is 65.2 Å². The highest BCUT2D eigenvalue weighted by molar-refractivity contribution is 6.46. The van der Waals surface area contributed by atoms with Gasteiger partial charge in [-0.2, -0.15) is 0 Å². The van der Waals surface area contributed by atoms with Gasteiger partial charge in [-0.05, 0) is 24.6 Å². The van der Waals surface area contributed by atoms with Gasteiger partial charge >= 0.3 is 0 Å². The summed E-state index contributed by atoms with van der Waals surface area (Å²) in [5.41, 5.74) is 1.04. The summed E-state index contributed by atoms with van der Waals surface area (Å²) < 4.78 is 15.9. The molecule has 1 atom stereocenters. The fourth-order valence-electron chi connectivity index (χ4n) is 3.62. The zero-order valence-corrected chi connectivity index (χ0v) is 17.3. The molecule has 0 radical (unpaired) electrons. The van der Waals surface area contributed by atoms with Crippen LogP contribution in [-0.4, -0.2) is 56.2 Å². The quantitative estimate of drug-likeness (QED) is 0.311. The molecule has 1 aliphatic heterocycles. The summed E-state index contributed by atoms with van der Waals surface area (Å²) in [4.78, 5) is 27.3.